The fraction of sp³-hybridized carbons (Fsp3) is 0.360. The van der Waals surface area contributed by atoms with Crippen LogP contribution in [0.15, 0.2) is 70.4 Å². The van der Waals surface area contributed by atoms with Crippen LogP contribution in [0.25, 0.3) is 10.8 Å². The zero-order chi connectivity index (χ0) is 21.8. The van der Waals surface area contributed by atoms with Gasteiger partial charge in [0.15, 0.2) is 0 Å². The number of nitrogens with zero attached hydrogens (tertiary/aromatic N) is 1. The van der Waals surface area contributed by atoms with Crippen LogP contribution in [0.3, 0.4) is 0 Å². The number of aromatic nitrogens is 1. The van der Waals surface area contributed by atoms with Gasteiger partial charge in [0.1, 0.15) is 12.0 Å². The molecule has 1 aromatic carbocycles. The molecule has 2 unspecified atom stereocenters. The van der Waals surface area contributed by atoms with Gasteiger partial charge in [0.2, 0.25) is 17.1 Å². The highest BCUT2D eigenvalue weighted by atomic mass is 16.5. The molecule has 1 N–H and O–H groups in total. The largest absolute Gasteiger partial charge is 0.486 e. The minimum absolute atomic E-state index is 0.0238. The highest BCUT2D eigenvalue weighted by Crippen LogP contribution is 2.20. The van der Waals surface area contributed by atoms with Gasteiger partial charge in [0.25, 0.3) is 0 Å². The van der Waals surface area contributed by atoms with Crippen LogP contribution in [0.4, 0.5) is 0 Å². The van der Waals surface area contributed by atoms with Gasteiger partial charge in [-0.1, -0.05) is 50.3 Å². The summed E-state index contributed by atoms with van der Waals surface area (Å²) in [7, 11) is 0. The zero-order valence-electron chi connectivity index (χ0n) is 17.9. The lowest BCUT2D eigenvalue weighted by molar-refractivity contribution is -0.122. The molecule has 0 fully saturated rings. The Morgan fingerprint density at radius 1 is 1.23 bits per heavy atom. The molecule has 0 radical (unpaired) electrons. The molecule has 0 bridgehead atoms. The van der Waals surface area contributed by atoms with Gasteiger partial charge < -0.3 is 19.0 Å². The van der Waals surface area contributed by atoms with Crippen LogP contribution in [0.1, 0.15) is 32.4 Å². The molecule has 2 atom stereocenters. The van der Waals surface area contributed by atoms with Crippen LogP contribution in [-0.4, -0.2) is 23.1 Å². The van der Waals surface area contributed by atoms with E-state index < -0.39 is 0 Å². The van der Waals surface area contributed by atoms with Gasteiger partial charge in [-0.15, -0.1) is 0 Å². The van der Waals surface area contributed by atoms with E-state index in [0.29, 0.717) is 31.3 Å². The number of carbonyl (C=O) groups is 1. The van der Waals surface area contributed by atoms with Gasteiger partial charge >= 0.3 is 0 Å². The molecule has 6 nitrogen and oxygen atoms in total. The van der Waals surface area contributed by atoms with E-state index in [9.17, 15) is 9.59 Å². The molecular weight excluding hydrogens is 392 g/mol. The van der Waals surface area contributed by atoms with Crippen molar-refractivity contribution in [1.82, 2.24) is 9.88 Å². The van der Waals surface area contributed by atoms with Crippen LogP contribution in [-0.2, 0) is 11.3 Å². The van der Waals surface area contributed by atoms with Crippen molar-refractivity contribution in [2.24, 2.45) is 11.8 Å². The molecule has 1 aliphatic carbocycles. The fourth-order valence-corrected chi connectivity index (χ4v) is 3.88. The molecule has 6 heteroatoms. The van der Waals surface area contributed by atoms with Crippen molar-refractivity contribution >= 4 is 16.7 Å². The monoisotopic (exact) mass is 420 g/mol. The summed E-state index contributed by atoms with van der Waals surface area (Å²) in [6.45, 7) is 4.91. The Labute approximate surface area is 181 Å². The van der Waals surface area contributed by atoms with Crippen molar-refractivity contribution in [1.29, 1.82) is 0 Å². The number of carbonyl (C=O) groups excluding carboxylic acids is 1. The maximum atomic E-state index is 12.5. The van der Waals surface area contributed by atoms with Crippen LogP contribution in [0.5, 0.6) is 5.75 Å². The van der Waals surface area contributed by atoms with Crippen LogP contribution >= 0.6 is 0 Å². The van der Waals surface area contributed by atoms with E-state index in [2.05, 4.69) is 17.4 Å². The smallest absolute Gasteiger partial charge is 0.227 e. The zero-order valence-corrected chi connectivity index (χ0v) is 17.9. The number of hydrogen-bond donors (Lipinski definition) is 1. The summed E-state index contributed by atoms with van der Waals surface area (Å²) in [6.07, 6.45) is 10.8. The third-order valence-electron chi connectivity index (χ3n) is 5.36. The minimum Gasteiger partial charge on any atom is -0.486 e. The quantitative estimate of drug-likeness (QED) is 0.556. The number of hydrogen-bond acceptors (Lipinski definition) is 4. The first-order chi connectivity index (χ1) is 15.0. The summed E-state index contributed by atoms with van der Waals surface area (Å²) in [5, 5.41) is 5.32. The second kappa shape index (κ2) is 9.25. The highest BCUT2D eigenvalue weighted by molar-refractivity contribution is 5.82. The molecule has 162 valence electrons. The third-order valence-corrected chi connectivity index (χ3v) is 5.36. The SMILES string of the molecule is CC(C)CC(=O)NC1C=CC(COc2coc(Cn3cc4ccccc4c3)cc2=O)C1. The number of amides is 1. The van der Waals surface area contributed by atoms with Gasteiger partial charge in [0, 0.05) is 36.8 Å². The second-order valence-electron chi connectivity index (χ2n) is 8.60. The lowest BCUT2D eigenvalue weighted by Gasteiger charge is -2.15. The maximum Gasteiger partial charge on any atom is 0.227 e. The Hall–Kier alpha value is -3.28. The van der Waals surface area contributed by atoms with E-state index in [0.717, 1.165) is 17.2 Å². The Bertz CT molecular complexity index is 1110. The summed E-state index contributed by atoms with van der Waals surface area (Å²) in [5.41, 5.74) is -0.193. The average Bonchev–Trinajstić information content (AvgIpc) is 3.32. The molecule has 0 spiro atoms. The van der Waals surface area contributed by atoms with E-state index in [4.69, 9.17) is 9.15 Å². The van der Waals surface area contributed by atoms with E-state index >= 15 is 0 Å². The fourth-order valence-electron chi connectivity index (χ4n) is 3.88. The normalized spacial score (nSPS) is 18.0. The summed E-state index contributed by atoms with van der Waals surface area (Å²) >= 11 is 0. The maximum absolute atomic E-state index is 12.5. The molecule has 3 aromatic rings. The second-order valence-corrected chi connectivity index (χ2v) is 8.60. The van der Waals surface area contributed by atoms with Crippen molar-refractivity contribution in [2.75, 3.05) is 6.61 Å². The van der Waals surface area contributed by atoms with Crippen molar-refractivity contribution in [3.63, 3.8) is 0 Å². The molecule has 4 rings (SSSR count). The van der Waals surface area contributed by atoms with Gasteiger partial charge in [-0.05, 0) is 23.1 Å². The van der Waals surface area contributed by atoms with Crippen molar-refractivity contribution < 1.29 is 13.9 Å². The summed E-state index contributed by atoms with van der Waals surface area (Å²) in [5.74, 6) is 1.34. The Kier molecular flexibility index (Phi) is 6.26. The number of fused-ring (bicyclic) bond motifs is 1. The molecule has 0 aliphatic heterocycles. The highest BCUT2D eigenvalue weighted by Gasteiger charge is 2.21. The minimum atomic E-state index is -0.193. The lowest BCUT2D eigenvalue weighted by Crippen LogP contribution is -2.33. The van der Waals surface area contributed by atoms with Crippen molar-refractivity contribution in [3.05, 3.63) is 77.1 Å². The summed E-state index contributed by atoms with van der Waals surface area (Å²) < 4.78 is 13.4. The van der Waals surface area contributed by atoms with E-state index in [1.165, 1.54) is 12.3 Å². The van der Waals surface area contributed by atoms with E-state index in [1.54, 1.807) is 0 Å². The molecule has 2 heterocycles. The molecule has 0 saturated carbocycles. The molecule has 1 amide bonds. The topological polar surface area (TPSA) is 73.5 Å². The predicted octanol–water partition coefficient (Wildman–Crippen LogP) is 4.13. The Morgan fingerprint density at radius 3 is 2.65 bits per heavy atom. The Morgan fingerprint density at radius 2 is 1.97 bits per heavy atom. The summed E-state index contributed by atoms with van der Waals surface area (Å²) in [4.78, 5) is 24.4. The predicted molar refractivity (Wildman–Crippen MR) is 120 cm³/mol. The van der Waals surface area contributed by atoms with Crippen LogP contribution < -0.4 is 15.5 Å². The van der Waals surface area contributed by atoms with Gasteiger partial charge in [0.05, 0.1) is 13.2 Å². The van der Waals surface area contributed by atoms with Crippen molar-refractivity contribution in [2.45, 2.75) is 39.3 Å². The standard InChI is InChI=1S/C25H28N2O4/c1-17(2)9-25(29)26-21-8-7-18(10-21)15-31-24-16-30-22(11-23(24)28)14-27-12-19-5-3-4-6-20(19)13-27/h3-8,11-13,16-18,21H,9-10,14-15H2,1-2H3,(H,26,29). The number of ether oxygens (including phenoxy) is 1. The van der Waals surface area contributed by atoms with Gasteiger partial charge in [-0.3, -0.25) is 9.59 Å². The van der Waals surface area contributed by atoms with Crippen LogP contribution in [0, 0.1) is 11.8 Å². The average molecular weight is 421 g/mol. The molecule has 31 heavy (non-hydrogen) atoms. The lowest BCUT2D eigenvalue weighted by atomic mass is 10.1. The molecular formula is C25H28N2O4. The van der Waals surface area contributed by atoms with Gasteiger partial charge in [-0.25, -0.2) is 0 Å². The van der Waals surface area contributed by atoms with E-state index in [1.807, 2.05) is 55.1 Å². The first kappa shape index (κ1) is 21.0. The number of rotatable bonds is 8. The number of nitrogens with one attached hydrogen (secondary N) is 1. The first-order valence-electron chi connectivity index (χ1n) is 10.7. The summed E-state index contributed by atoms with van der Waals surface area (Å²) in [6, 6.07) is 9.61. The van der Waals surface area contributed by atoms with Crippen LogP contribution in [0.2, 0.25) is 0 Å². The molecule has 2 aromatic heterocycles. The van der Waals surface area contributed by atoms with Gasteiger partial charge in [-0.2, -0.15) is 0 Å². The van der Waals surface area contributed by atoms with E-state index in [-0.39, 0.29) is 29.0 Å². The van der Waals surface area contributed by atoms with Crippen molar-refractivity contribution in [3.8, 4) is 5.75 Å². The Balaban J connectivity index is 1.29. The first-order valence-corrected chi connectivity index (χ1v) is 10.7. The molecule has 1 aliphatic rings. The number of benzene rings is 1. The molecule has 0 saturated heterocycles. The third kappa shape index (κ3) is 5.45.